The average Bonchev–Trinajstić information content (AvgIpc) is 3.01. The molecule has 1 aromatic rings. The topological polar surface area (TPSA) is 15.6 Å². The molecule has 0 aliphatic carbocycles. The molecule has 4 heteroatoms. The van der Waals surface area contributed by atoms with Crippen LogP contribution in [-0.2, 0) is 6.42 Å². The Morgan fingerprint density at radius 1 is 1.20 bits per heavy atom. The minimum absolute atomic E-state index is 0.0797. The van der Waals surface area contributed by atoms with Gasteiger partial charge in [-0.25, -0.2) is 4.39 Å². The molecule has 0 spiro atoms. The third kappa shape index (κ3) is 3.49. The summed E-state index contributed by atoms with van der Waals surface area (Å²) in [6, 6.07) is 6.89. The summed E-state index contributed by atoms with van der Waals surface area (Å²) in [4.78, 5) is 6.75. The van der Waals surface area contributed by atoms with Crippen molar-refractivity contribution in [3.05, 3.63) is 47.3 Å². The molecule has 2 aliphatic heterocycles. The van der Waals surface area contributed by atoms with E-state index in [1.165, 1.54) is 31.5 Å². The van der Waals surface area contributed by atoms with Crippen LogP contribution in [0, 0.1) is 5.82 Å². The van der Waals surface area contributed by atoms with Crippen molar-refractivity contribution in [3.63, 3.8) is 0 Å². The van der Waals surface area contributed by atoms with Crippen LogP contribution in [0.15, 0.2) is 40.9 Å². The maximum absolute atomic E-state index is 12.8. The zero-order chi connectivity index (χ0) is 13.8. The Labute approximate surface area is 122 Å². The van der Waals surface area contributed by atoms with Crippen molar-refractivity contribution in [2.24, 2.45) is 4.99 Å². The number of piperidine rings is 1. The van der Waals surface area contributed by atoms with Crippen molar-refractivity contribution >= 4 is 16.4 Å². The van der Waals surface area contributed by atoms with Gasteiger partial charge in [0.2, 0.25) is 0 Å². The number of aliphatic imine (C=N–C) groups is 1. The maximum Gasteiger partial charge on any atom is 0.123 e. The fourth-order valence-corrected chi connectivity index (χ4v) is 4.66. The summed E-state index contributed by atoms with van der Waals surface area (Å²) in [7, 11) is -0.0797. The second-order valence-electron chi connectivity index (χ2n) is 5.46. The van der Waals surface area contributed by atoms with Crippen LogP contribution in [0.1, 0.15) is 18.4 Å². The second-order valence-corrected chi connectivity index (χ2v) is 7.61. The smallest absolute Gasteiger partial charge is 0.123 e. The van der Waals surface area contributed by atoms with Crippen LogP contribution >= 0.6 is 10.9 Å². The van der Waals surface area contributed by atoms with E-state index in [9.17, 15) is 4.39 Å². The molecule has 0 saturated carbocycles. The van der Waals surface area contributed by atoms with E-state index in [0.29, 0.717) is 0 Å². The molecule has 2 aliphatic rings. The van der Waals surface area contributed by atoms with Gasteiger partial charge in [0.25, 0.3) is 0 Å². The number of halogens is 1. The Balaban J connectivity index is 1.43. The van der Waals surface area contributed by atoms with Crippen LogP contribution in [0.4, 0.5) is 4.39 Å². The van der Waals surface area contributed by atoms with Crippen LogP contribution in [0.3, 0.4) is 0 Å². The zero-order valence-electron chi connectivity index (χ0n) is 11.6. The van der Waals surface area contributed by atoms with E-state index >= 15 is 0 Å². The van der Waals surface area contributed by atoms with Crippen LogP contribution in [-0.4, -0.2) is 35.3 Å². The third-order valence-corrected chi connectivity index (χ3v) is 6.37. The predicted octanol–water partition coefficient (Wildman–Crippen LogP) is 3.35. The molecule has 1 fully saturated rings. The van der Waals surface area contributed by atoms with E-state index in [4.69, 9.17) is 0 Å². The molecule has 1 aromatic carbocycles. The average molecular weight is 292 g/mol. The third-order valence-electron chi connectivity index (χ3n) is 4.13. The van der Waals surface area contributed by atoms with Gasteiger partial charge in [0.05, 0.1) is 0 Å². The Hall–Kier alpha value is -1.13. The molecular formula is C16H21FN2S. The number of thiol groups is 1. The molecule has 2 nitrogen and oxygen atoms in total. The van der Waals surface area contributed by atoms with Crippen LogP contribution in [0.2, 0.25) is 0 Å². The minimum Gasteiger partial charge on any atom is -0.303 e. The lowest BCUT2D eigenvalue weighted by molar-refractivity contribution is 0.235. The van der Waals surface area contributed by atoms with Crippen LogP contribution in [0.25, 0.3) is 0 Å². The summed E-state index contributed by atoms with van der Waals surface area (Å²) < 4.78 is 12.8. The predicted molar refractivity (Wildman–Crippen MR) is 86.2 cm³/mol. The van der Waals surface area contributed by atoms with Gasteiger partial charge in [-0.3, -0.25) is 4.99 Å². The first kappa shape index (κ1) is 13.8. The SMILES string of the molecule is Fc1ccc(CCN2CCC([SH]3C=CN=C3)CC2)cc1. The van der Waals surface area contributed by atoms with Gasteiger partial charge in [-0.05, 0) is 60.7 Å². The van der Waals surface area contributed by atoms with Crippen molar-refractivity contribution in [2.75, 3.05) is 19.6 Å². The van der Waals surface area contributed by atoms with Gasteiger partial charge >= 0.3 is 0 Å². The van der Waals surface area contributed by atoms with E-state index in [1.54, 1.807) is 12.1 Å². The Morgan fingerprint density at radius 2 is 1.95 bits per heavy atom. The fourth-order valence-electron chi connectivity index (χ4n) is 2.86. The zero-order valence-corrected chi connectivity index (χ0v) is 12.5. The highest BCUT2D eigenvalue weighted by Crippen LogP contribution is 2.39. The molecule has 1 unspecified atom stereocenters. The molecule has 1 saturated heterocycles. The van der Waals surface area contributed by atoms with Gasteiger partial charge in [0, 0.05) is 18.3 Å². The molecular weight excluding hydrogens is 271 g/mol. The summed E-state index contributed by atoms with van der Waals surface area (Å²) in [5.74, 6) is -0.150. The first-order valence-electron chi connectivity index (χ1n) is 7.25. The normalized spacial score (nSPS) is 25.4. The molecule has 1 atom stereocenters. The van der Waals surface area contributed by atoms with Crippen molar-refractivity contribution in [3.8, 4) is 0 Å². The standard InChI is InChI=1S/C16H21FN2S/c17-15-3-1-14(2-4-15)5-9-19-10-6-16(7-11-19)20-12-8-18-13-20/h1-4,8,12-13,16,20H,5-7,9-11H2. The minimum atomic E-state index is -0.150. The summed E-state index contributed by atoms with van der Waals surface area (Å²) in [5, 5.41) is 3.11. The van der Waals surface area contributed by atoms with E-state index in [-0.39, 0.29) is 16.7 Å². The lowest BCUT2D eigenvalue weighted by Gasteiger charge is -2.34. The van der Waals surface area contributed by atoms with E-state index < -0.39 is 0 Å². The van der Waals surface area contributed by atoms with Gasteiger partial charge < -0.3 is 4.90 Å². The van der Waals surface area contributed by atoms with Gasteiger partial charge in [0.1, 0.15) is 5.82 Å². The van der Waals surface area contributed by atoms with Gasteiger partial charge in [-0.15, -0.1) is 0 Å². The Morgan fingerprint density at radius 3 is 2.60 bits per heavy atom. The lowest BCUT2D eigenvalue weighted by atomic mass is 10.1. The molecule has 108 valence electrons. The molecule has 2 heterocycles. The van der Waals surface area contributed by atoms with E-state index in [2.05, 4.69) is 20.8 Å². The largest absolute Gasteiger partial charge is 0.303 e. The highest BCUT2D eigenvalue weighted by Gasteiger charge is 2.22. The van der Waals surface area contributed by atoms with Crippen molar-refractivity contribution in [2.45, 2.75) is 24.5 Å². The number of rotatable bonds is 4. The number of likely N-dealkylation sites (tertiary alicyclic amines) is 1. The van der Waals surface area contributed by atoms with E-state index in [1.807, 2.05) is 18.3 Å². The molecule has 20 heavy (non-hydrogen) atoms. The second kappa shape index (κ2) is 6.55. The number of benzene rings is 1. The molecule has 0 N–H and O–H groups in total. The number of hydrogen-bond acceptors (Lipinski definition) is 2. The first-order valence-corrected chi connectivity index (χ1v) is 8.80. The summed E-state index contributed by atoms with van der Waals surface area (Å²) >= 11 is 0. The van der Waals surface area contributed by atoms with Gasteiger partial charge in [-0.1, -0.05) is 12.1 Å². The molecule has 0 aromatic heterocycles. The maximum atomic E-state index is 12.8. The highest BCUT2D eigenvalue weighted by molar-refractivity contribution is 8.31. The number of nitrogens with zero attached hydrogens (tertiary/aromatic N) is 2. The summed E-state index contributed by atoms with van der Waals surface area (Å²) in [6.45, 7) is 3.46. The number of hydrogen-bond donors (Lipinski definition) is 1. The fraction of sp³-hybridized carbons (Fsp3) is 0.438. The van der Waals surface area contributed by atoms with Gasteiger partial charge in [0.15, 0.2) is 0 Å². The lowest BCUT2D eigenvalue weighted by Crippen LogP contribution is -2.36. The Bertz CT molecular complexity index is 478. The summed E-state index contributed by atoms with van der Waals surface area (Å²) in [6.07, 6.45) is 5.53. The van der Waals surface area contributed by atoms with Crippen molar-refractivity contribution in [1.29, 1.82) is 0 Å². The monoisotopic (exact) mass is 292 g/mol. The summed E-state index contributed by atoms with van der Waals surface area (Å²) in [5.41, 5.74) is 3.37. The molecule has 0 bridgehead atoms. The quantitative estimate of drug-likeness (QED) is 0.841. The molecule has 0 amide bonds. The van der Waals surface area contributed by atoms with Gasteiger partial charge in [-0.2, -0.15) is 10.9 Å². The van der Waals surface area contributed by atoms with Crippen molar-refractivity contribution < 1.29 is 4.39 Å². The van der Waals surface area contributed by atoms with Crippen LogP contribution < -0.4 is 0 Å². The van der Waals surface area contributed by atoms with Crippen LogP contribution in [0.5, 0.6) is 0 Å². The van der Waals surface area contributed by atoms with Crippen molar-refractivity contribution in [1.82, 2.24) is 4.90 Å². The highest BCUT2D eigenvalue weighted by atomic mass is 32.2. The molecule has 3 rings (SSSR count). The van der Waals surface area contributed by atoms with E-state index in [0.717, 1.165) is 18.2 Å². The Kier molecular flexibility index (Phi) is 4.53. The molecule has 0 radical (unpaired) electrons. The first-order chi connectivity index (χ1) is 9.81.